The number of alkyl halides is 3. The standard InChI is InChI=1S/C27H22F3NO11S/c28-27(29,30)43(35,36)42-22-21-20(15-37-25(41-21)17-9-5-2-6-10-17)39-26(38-19-13-11-18(12-14-19)31(33)34)23(22)40-24(32)16-7-3-1-4-8-16/h1-14,20-23,25-26H,15H2/t20-,21-,22+,23-,25?,26-/m1/s1. The molecule has 0 bridgehead atoms. The highest BCUT2D eigenvalue weighted by molar-refractivity contribution is 7.87. The maximum Gasteiger partial charge on any atom is 0.523 e. The first-order valence-electron chi connectivity index (χ1n) is 12.6. The van der Waals surface area contributed by atoms with Crippen molar-refractivity contribution in [2.45, 2.75) is 42.5 Å². The molecule has 1 unspecified atom stereocenters. The van der Waals surface area contributed by atoms with Gasteiger partial charge in [0.25, 0.3) is 5.69 Å². The Balaban J connectivity index is 1.53. The molecule has 0 N–H and O–H groups in total. The number of benzene rings is 3. The summed E-state index contributed by atoms with van der Waals surface area (Å²) in [6.45, 7) is -0.310. The summed E-state index contributed by atoms with van der Waals surface area (Å²) in [5.74, 6) is -1.14. The third kappa shape index (κ3) is 6.78. The normalized spacial score (nSPS) is 25.7. The van der Waals surface area contributed by atoms with Gasteiger partial charge in [-0.3, -0.25) is 14.3 Å². The summed E-state index contributed by atoms with van der Waals surface area (Å²) in [7, 11) is -6.27. The minimum absolute atomic E-state index is 0.0220. The number of esters is 1. The summed E-state index contributed by atoms with van der Waals surface area (Å²) in [6, 6.07) is 20.1. The zero-order valence-electron chi connectivity index (χ0n) is 21.7. The Morgan fingerprint density at radius 3 is 2.14 bits per heavy atom. The Hall–Kier alpha value is -4.09. The van der Waals surface area contributed by atoms with E-state index in [1.807, 2.05) is 0 Å². The van der Waals surface area contributed by atoms with E-state index in [1.165, 1.54) is 36.4 Å². The molecule has 0 aliphatic carbocycles. The molecule has 0 radical (unpaired) electrons. The molecule has 0 aromatic heterocycles. The number of ether oxygens (including phenoxy) is 5. The molecule has 2 aliphatic rings. The average molecular weight is 626 g/mol. The molecule has 5 rings (SSSR count). The largest absolute Gasteiger partial charge is 0.523 e. The summed E-state index contributed by atoms with van der Waals surface area (Å²) in [5.41, 5.74) is -5.69. The van der Waals surface area contributed by atoms with E-state index in [0.29, 0.717) is 5.56 Å². The Labute approximate surface area is 242 Å². The molecule has 2 heterocycles. The molecule has 228 valence electrons. The third-order valence-corrected chi connectivity index (χ3v) is 7.47. The first-order valence-corrected chi connectivity index (χ1v) is 14.0. The summed E-state index contributed by atoms with van der Waals surface area (Å²) in [6.07, 6.45) is -9.87. The van der Waals surface area contributed by atoms with E-state index < -0.39 is 63.5 Å². The molecule has 12 nitrogen and oxygen atoms in total. The van der Waals surface area contributed by atoms with Gasteiger partial charge in [0.15, 0.2) is 12.4 Å². The smallest absolute Gasteiger partial charge is 0.461 e. The second-order valence-corrected chi connectivity index (χ2v) is 10.8. The molecule has 0 spiro atoms. The van der Waals surface area contributed by atoms with E-state index in [4.69, 9.17) is 27.9 Å². The van der Waals surface area contributed by atoms with Crippen molar-refractivity contribution >= 4 is 21.8 Å². The number of halogens is 3. The van der Waals surface area contributed by atoms with Gasteiger partial charge in [-0.05, 0) is 24.3 Å². The minimum Gasteiger partial charge on any atom is -0.461 e. The lowest BCUT2D eigenvalue weighted by atomic mass is 9.97. The number of non-ortho nitro benzene ring substituents is 1. The highest BCUT2D eigenvalue weighted by atomic mass is 32.2. The van der Waals surface area contributed by atoms with Crippen LogP contribution in [0.15, 0.2) is 84.9 Å². The van der Waals surface area contributed by atoms with Crippen LogP contribution >= 0.6 is 0 Å². The predicted octanol–water partition coefficient (Wildman–Crippen LogP) is 4.27. The van der Waals surface area contributed by atoms with Crippen LogP contribution in [0.3, 0.4) is 0 Å². The summed E-state index contributed by atoms with van der Waals surface area (Å²) in [5, 5.41) is 11.0. The van der Waals surface area contributed by atoms with Crippen LogP contribution in [0.4, 0.5) is 18.9 Å². The number of nitrogens with zero attached hydrogens (tertiary/aromatic N) is 1. The molecule has 0 amide bonds. The van der Waals surface area contributed by atoms with Gasteiger partial charge >= 0.3 is 21.6 Å². The highest BCUT2D eigenvalue weighted by Gasteiger charge is 2.58. The molecule has 6 atom stereocenters. The average Bonchev–Trinajstić information content (AvgIpc) is 2.99. The van der Waals surface area contributed by atoms with Gasteiger partial charge in [-0.2, -0.15) is 21.6 Å². The fourth-order valence-electron chi connectivity index (χ4n) is 4.40. The van der Waals surface area contributed by atoms with Crippen LogP contribution < -0.4 is 4.74 Å². The highest BCUT2D eigenvalue weighted by Crippen LogP contribution is 2.39. The fourth-order valence-corrected chi connectivity index (χ4v) is 5.02. The van der Waals surface area contributed by atoms with E-state index in [-0.39, 0.29) is 23.6 Å². The van der Waals surface area contributed by atoms with Crippen molar-refractivity contribution in [2.24, 2.45) is 0 Å². The van der Waals surface area contributed by atoms with E-state index in [0.717, 1.165) is 12.1 Å². The number of rotatable bonds is 8. The zero-order valence-corrected chi connectivity index (χ0v) is 22.6. The van der Waals surface area contributed by atoms with E-state index in [1.54, 1.807) is 36.4 Å². The molecule has 16 heteroatoms. The molecule has 43 heavy (non-hydrogen) atoms. The Morgan fingerprint density at radius 1 is 0.907 bits per heavy atom. The molecule has 3 aromatic carbocycles. The van der Waals surface area contributed by atoms with Crippen molar-refractivity contribution in [3.05, 3.63) is 106 Å². The maximum atomic E-state index is 13.6. The fraction of sp³-hybridized carbons (Fsp3) is 0.296. The number of carbonyl (C=O) groups is 1. The lowest BCUT2D eigenvalue weighted by molar-refractivity contribution is -0.384. The molecule has 0 saturated carbocycles. The molecule has 2 aliphatic heterocycles. The molecular weight excluding hydrogens is 603 g/mol. The Kier molecular flexibility index (Phi) is 8.66. The first-order chi connectivity index (χ1) is 20.4. The molecule has 3 aromatic rings. The number of fused-ring (bicyclic) bond motifs is 1. The molecule has 2 fully saturated rings. The summed E-state index contributed by atoms with van der Waals surface area (Å²) >= 11 is 0. The van der Waals surface area contributed by atoms with Crippen molar-refractivity contribution in [3.8, 4) is 5.75 Å². The van der Waals surface area contributed by atoms with E-state index in [9.17, 15) is 36.5 Å². The molecular formula is C27H22F3NO11S. The van der Waals surface area contributed by atoms with E-state index >= 15 is 0 Å². The van der Waals surface area contributed by atoms with Crippen molar-refractivity contribution in [1.29, 1.82) is 0 Å². The van der Waals surface area contributed by atoms with Gasteiger partial charge in [-0.1, -0.05) is 48.5 Å². The van der Waals surface area contributed by atoms with Crippen LogP contribution in [0, 0.1) is 10.1 Å². The Morgan fingerprint density at radius 2 is 1.53 bits per heavy atom. The van der Waals surface area contributed by atoms with Gasteiger partial charge in [-0.25, -0.2) is 4.79 Å². The predicted molar refractivity (Wildman–Crippen MR) is 138 cm³/mol. The van der Waals surface area contributed by atoms with Crippen LogP contribution in [0.5, 0.6) is 5.75 Å². The Bertz CT molecular complexity index is 1540. The maximum absolute atomic E-state index is 13.6. The number of hydrogen-bond donors (Lipinski definition) is 0. The second kappa shape index (κ2) is 12.3. The van der Waals surface area contributed by atoms with Gasteiger partial charge in [0.1, 0.15) is 24.1 Å². The van der Waals surface area contributed by atoms with Crippen LogP contribution in [-0.4, -0.2) is 62.1 Å². The number of carbonyl (C=O) groups excluding carboxylic acids is 1. The topological polar surface area (TPSA) is 150 Å². The van der Waals surface area contributed by atoms with Gasteiger partial charge in [-0.15, -0.1) is 0 Å². The SMILES string of the molecule is O=C(O[C@H]1[C@H](Oc2ccc([N+](=O)[O-])cc2)O[C@@H]2COC(c3ccccc3)O[C@H]2[C@@H]1OS(=O)(=O)C(F)(F)F)c1ccccc1. The van der Waals surface area contributed by atoms with Crippen molar-refractivity contribution in [2.75, 3.05) is 6.61 Å². The lowest BCUT2D eigenvalue weighted by Gasteiger charge is -2.47. The lowest BCUT2D eigenvalue weighted by Crippen LogP contribution is -2.65. The molecule has 2 saturated heterocycles. The summed E-state index contributed by atoms with van der Waals surface area (Å²) < 4.78 is 98.7. The number of nitro benzene ring substituents is 1. The van der Waals surface area contributed by atoms with Gasteiger partial charge in [0.05, 0.1) is 17.1 Å². The minimum atomic E-state index is -6.27. The number of hydrogen-bond acceptors (Lipinski definition) is 11. The quantitative estimate of drug-likeness (QED) is 0.116. The van der Waals surface area contributed by atoms with Gasteiger partial charge in [0, 0.05) is 17.7 Å². The van der Waals surface area contributed by atoms with Crippen LogP contribution in [0.2, 0.25) is 0 Å². The van der Waals surface area contributed by atoms with Crippen molar-refractivity contribution in [3.63, 3.8) is 0 Å². The summed E-state index contributed by atoms with van der Waals surface area (Å²) in [4.78, 5) is 23.5. The first kappa shape index (κ1) is 30.4. The zero-order chi connectivity index (χ0) is 30.8. The third-order valence-electron chi connectivity index (χ3n) is 6.43. The van der Waals surface area contributed by atoms with Gasteiger partial charge in [0.2, 0.25) is 6.29 Å². The van der Waals surface area contributed by atoms with E-state index in [2.05, 4.69) is 0 Å². The van der Waals surface area contributed by atoms with Crippen LogP contribution in [0.25, 0.3) is 0 Å². The van der Waals surface area contributed by atoms with Gasteiger partial charge < -0.3 is 23.7 Å². The second-order valence-electron chi connectivity index (χ2n) is 9.29. The van der Waals surface area contributed by atoms with Crippen molar-refractivity contribution < 1.29 is 59.2 Å². The van der Waals surface area contributed by atoms with Crippen molar-refractivity contribution in [1.82, 2.24) is 0 Å². The van der Waals surface area contributed by atoms with Crippen LogP contribution in [-0.2, 0) is 33.2 Å². The van der Waals surface area contributed by atoms with Crippen LogP contribution in [0.1, 0.15) is 22.2 Å². The number of nitro groups is 1. The monoisotopic (exact) mass is 625 g/mol.